The van der Waals surface area contributed by atoms with Crippen molar-refractivity contribution in [3.8, 4) is 0 Å². The van der Waals surface area contributed by atoms with Crippen molar-refractivity contribution in [3.63, 3.8) is 0 Å². The van der Waals surface area contributed by atoms with Gasteiger partial charge in [-0.25, -0.2) is 0 Å². The number of amides is 1. The minimum atomic E-state index is -1.07. The lowest BCUT2D eigenvalue weighted by Gasteiger charge is -2.61. The van der Waals surface area contributed by atoms with E-state index in [1.54, 1.807) is 4.90 Å². The molecule has 5 fully saturated rings. The number of alkyl halides is 2. The third-order valence-corrected chi connectivity index (χ3v) is 12.1. The molecule has 0 bridgehead atoms. The number of carbonyl (C=O) groups is 2. The molecule has 0 radical (unpaired) electrons. The van der Waals surface area contributed by atoms with Crippen molar-refractivity contribution in [2.24, 2.45) is 40.4 Å². The summed E-state index contributed by atoms with van der Waals surface area (Å²) < 4.78 is 0. The number of fused-ring (bicyclic) bond motifs is 5. The Labute approximate surface area is 221 Å². The molecular formula is C29H45Cl2NO3. The molecule has 0 unspecified atom stereocenters. The first-order chi connectivity index (χ1) is 16.6. The van der Waals surface area contributed by atoms with Crippen molar-refractivity contribution in [1.82, 2.24) is 4.90 Å². The first-order valence-electron chi connectivity index (χ1n) is 14.4. The number of ketones is 1. The summed E-state index contributed by atoms with van der Waals surface area (Å²) in [5, 5.41) is 11.9. The second kappa shape index (κ2) is 9.77. The Morgan fingerprint density at radius 2 is 1.74 bits per heavy atom. The van der Waals surface area contributed by atoms with Crippen LogP contribution in [0.15, 0.2) is 0 Å². The van der Waals surface area contributed by atoms with Gasteiger partial charge in [0.15, 0.2) is 4.84 Å². The van der Waals surface area contributed by atoms with Gasteiger partial charge in [-0.3, -0.25) is 9.59 Å². The van der Waals surface area contributed by atoms with Crippen LogP contribution < -0.4 is 0 Å². The number of rotatable bonds is 5. The number of nitrogens with zero attached hydrogens (tertiary/aromatic N) is 1. The SMILES string of the molecule is C[C@]12CC[C@](O)(CN(CC3CCCCC3)C(=O)C(Cl)Cl)C[C@@H]1CC[C@@H]1[C@@H]2CC[C@]2(C)C(=O)CC[C@@H]12. The van der Waals surface area contributed by atoms with Gasteiger partial charge in [0.1, 0.15) is 5.78 Å². The molecule has 0 heterocycles. The third kappa shape index (κ3) is 4.71. The molecule has 0 aromatic carbocycles. The number of aliphatic hydroxyl groups is 1. The van der Waals surface area contributed by atoms with Gasteiger partial charge in [0, 0.05) is 24.9 Å². The molecule has 6 heteroatoms. The minimum Gasteiger partial charge on any atom is -0.388 e. The number of halogens is 2. The van der Waals surface area contributed by atoms with Crippen LogP contribution in [-0.4, -0.2) is 45.2 Å². The van der Waals surface area contributed by atoms with Crippen LogP contribution in [0.5, 0.6) is 0 Å². The van der Waals surface area contributed by atoms with E-state index in [2.05, 4.69) is 13.8 Å². The highest BCUT2D eigenvalue weighted by atomic mass is 35.5. The van der Waals surface area contributed by atoms with Gasteiger partial charge in [-0.1, -0.05) is 56.3 Å². The van der Waals surface area contributed by atoms with Crippen LogP contribution in [-0.2, 0) is 9.59 Å². The van der Waals surface area contributed by atoms with E-state index in [1.165, 1.54) is 25.7 Å². The zero-order valence-corrected chi connectivity index (χ0v) is 23.3. The van der Waals surface area contributed by atoms with Crippen molar-refractivity contribution in [2.45, 2.75) is 114 Å². The van der Waals surface area contributed by atoms with E-state index in [-0.39, 0.29) is 16.7 Å². The second-order valence-electron chi connectivity index (χ2n) is 13.5. The van der Waals surface area contributed by atoms with Crippen molar-refractivity contribution in [1.29, 1.82) is 0 Å². The first-order valence-corrected chi connectivity index (χ1v) is 15.3. The Balaban J connectivity index is 1.29. The predicted molar refractivity (Wildman–Crippen MR) is 140 cm³/mol. The molecule has 0 spiro atoms. The van der Waals surface area contributed by atoms with Gasteiger partial charge in [-0.05, 0) is 99.2 Å². The molecule has 4 nitrogen and oxygen atoms in total. The first kappa shape index (κ1) is 26.3. The summed E-state index contributed by atoms with van der Waals surface area (Å²) in [6.45, 7) is 5.74. The van der Waals surface area contributed by atoms with E-state index in [0.29, 0.717) is 48.5 Å². The molecule has 5 rings (SSSR count). The summed E-state index contributed by atoms with van der Waals surface area (Å²) in [5.41, 5.74) is -0.724. The quantitative estimate of drug-likeness (QED) is 0.414. The molecule has 0 aromatic rings. The number of Topliss-reactive ketones (excluding diaryl/α,β-unsaturated/α-hetero) is 1. The average Bonchev–Trinajstić information content (AvgIpc) is 3.14. The molecule has 5 aliphatic carbocycles. The fourth-order valence-electron chi connectivity index (χ4n) is 9.64. The van der Waals surface area contributed by atoms with Gasteiger partial charge in [0.25, 0.3) is 5.91 Å². The molecular weight excluding hydrogens is 481 g/mol. The van der Waals surface area contributed by atoms with E-state index in [9.17, 15) is 14.7 Å². The van der Waals surface area contributed by atoms with E-state index in [1.807, 2.05) is 0 Å². The predicted octanol–water partition coefficient (Wildman–Crippen LogP) is 6.54. The Kier molecular flexibility index (Phi) is 7.34. The highest BCUT2D eigenvalue weighted by Crippen LogP contribution is 2.66. The van der Waals surface area contributed by atoms with Gasteiger partial charge in [0.05, 0.1) is 5.60 Å². The van der Waals surface area contributed by atoms with Crippen molar-refractivity contribution < 1.29 is 14.7 Å². The minimum absolute atomic E-state index is 0.0839. The van der Waals surface area contributed by atoms with Crippen LogP contribution in [0.3, 0.4) is 0 Å². The second-order valence-corrected chi connectivity index (χ2v) is 14.6. The molecule has 7 atom stereocenters. The van der Waals surface area contributed by atoms with Crippen molar-refractivity contribution >= 4 is 34.9 Å². The fraction of sp³-hybridized carbons (Fsp3) is 0.931. The van der Waals surface area contributed by atoms with E-state index in [0.717, 1.165) is 64.2 Å². The smallest absolute Gasteiger partial charge is 0.255 e. The van der Waals surface area contributed by atoms with Crippen LogP contribution in [0.2, 0.25) is 0 Å². The monoisotopic (exact) mass is 525 g/mol. The maximum Gasteiger partial charge on any atom is 0.255 e. The van der Waals surface area contributed by atoms with Gasteiger partial charge >= 0.3 is 0 Å². The molecule has 0 saturated heterocycles. The van der Waals surface area contributed by atoms with Gasteiger partial charge in [-0.2, -0.15) is 0 Å². The summed E-state index contributed by atoms with van der Waals surface area (Å²) in [5.74, 6) is 3.08. The zero-order chi connectivity index (χ0) is 25.0. The van der Waals surface area contributed by atoms with E-state index in [4.69, 9.17) is 23.2 Å². The lowest BCUT2D eigenvalue weighted by Crippen LogP contribution is -2.58. The van der Waals surface area contributed by atoms with Crippen molar-refractivity contribution in [2.75, 3.05) is 13.1 Å². The fourth-order valence-corrected chi connectivity index (χ4v) is 9.92. The zero-order valence-electron chi connectivity index (χ0n) is 21.7. The summed E-state index contributed by atoms with van der Waals surface area (Å²) in [4.78, 5) is 26.4. The molecule has 198 valence electrons. The van der Waals surface area contributed by atoms with E-state index < -0.39 is 10.4 Å². The van der Waals surface area contributed by atoms with Crippen LogP contribution in [0.1, 0.15) is 104 Å². The summed E-state index contributed by atoms with van der Waals surface area (Å²) in [6.07, 6.45) is 14.9. The normalized spacial score (nSPS) is 44.0. The standard InChI is InChI=1S/C29H45Cl2NO3/c1-27-14-15-29(35,18-32(26(34)25(30)31)17-19-6-4-3-5-7-19)16-20(27)8-9-21-22-10-11-24(33)28(22,2)13-12-23(21)27/h19-23,25,35H,3-18H2,1-2H3/t20-,21-,22-,23-,27-,28-,29+/m0/s1. The third-order valence-electron chi connectivity index (χ3n) is 11.7. The number of hydrogen-bond acceptors (Lipinski definition) is 3. The molecule has 5 saturated carbocycles. The lowest BCUT2D eigenvalue weighted by molar-refractivity contribution is -0.161. The van der Waals surface area contributed by atoms with Crippen LogP contribution >= 0.6 is 23.2 Å². The molecule has 5 aliphatic rings. The Morgan fingerprint density at radius 1 is 1.00 bits per heavy atom. The van der Waals surface area contributed by atoms with E-state index >= 15 is 0 Å². The highest BCUT2D eigenvalue weighted by molar-refractivity contribution is 6.53. The summed E-state index contributed by atoms with van der Waals surface area (Å²) >= 11 is 12.1. The van der Waals surface area contributed by atoms with Gasteiger partial charge in [-0.15, -0.1) is 0 Å². The van der Waals surface area contributed by atoms with Crippen LogP contribution in [0, 0.1) is 40.4 Å². The topological polar surface area (TPSA) is 57.6 Å². The number of hydrogen-bond donors (Lipinski definition) is 1. The molecule has 35 heavy (non-hydrogen) atoms. The Hall–Kier alpha value is -0.320. The average molecular weight is 527 g/mol. The molecule has 0 aromatic heterocycles. The van der Waals surface area contributed by atoms with Crippen LogP contribution in [0.25, 0.3) is 0 Å². The Morgan fingerprint density at radius 3 is 2.46 bits per heavy atom. The highest BCUT2D eigenvalue weighted by Gasteiger charge is 2.61. The molecule has 0 aliphatic heterocycles. The van der Waals surface area contributed by atoms with Gasteiger partial charge in [0.2, 0.25) is 0 Å². The van der Waals surface area contributed by atoms with Gasteiger partial charge < -0.3 is 10.0 Å². The number of carbonyl (C=O) groups excluding carboxylic acids is 2. The molecule has 1 amide bonds. The lowest BCUT2D eigenvalue weighted by atomic mass is 9.44. The van der Waals surface area contributed by atoms with Crippen LogP contribution in [0.4, 0.5) is 0 Å². The molecule has 1 N–H and O–H groups in total. The largest absolute Gasteiger partial charge is 0.388 e. The maximum absolute atomic E-state index is 13.0. The Bertz CT molecular complexity index is 829. The summed E-state index contributed by atoms with van der Waals surface area (Å²) in [7, 11) is 0. The summed E-state index contributed by atoms with van der Waals surface area (Å²) in [6, 6.07) is 0. The maximum atomic E-state index is 13.0. The van der Waals surface area contributed by atoms with Crippen molar-refractivity contribution in [3.05, 3.63) is 0 Å².